The molecule has 0 spiro atoms. The zero-order chi connectivity index (χ0) is 20.1. The van der Waals surface area contributed by atoms with Gasteiger partial charge in [0.05, 0.1) is 20.0 Å². The third-order valence-corrected chi connectivity index (χ3v) is 6.79. The summed E-state index contributed by atoms with van der Waals surface area (Å²) >= 11 is 2.66. The number of hydrogen-bond acceptors (Lipinski definition) is 7. The van der Waals surface area contributed by atoms with Gasteiger partial charge in [0.1, 0.15) is 13.2 Å². The summed E-state index contributed by atoms with van der Waals surface area (Å²) in [6.07, 6.45) is 0. The van der Waals surface area contributed by atoms with E-state index in [0.29, 0.717) is 39.8 Å². The average molecular weight is 427 g/mol. The Morgan fingerprint density at radius 1 is 1.10 bits per heavy atom. The molecule has 0 N–H and O–H groups in total. The van der Waals surface area contributed by atoms with Crippen LogP contribution >= 0.6 is 22.7 Å². The molecule has 1 aliphatic rings. The zero-order valence-corrected chi connectivity index (χ0v) is 16.7. The van der Waals surface area contributed by atoms with Crippen LogP contribution in [0.3, 0.4) is 0 Å². The van der Waals surface area contributed by atoms with Crippen LogP contribution in [0.2, 0.25) is 0 Å². The van der Waals surface area contributed by atoms with E-state index in [1.165, 1.54) is 34.8 Å². The van der Waals surface area contributed by atoms with Crippen LogP contribution in [0.15, 0.2) is 41.4 Å². The number of aryl methyl sites for hydroxylation is 1. The molecule has 0 aliphatic carbocycles. The summed E-state index contributed by atoms with van der Waals surface area (Å²) < 4.78 is 14.8. The molecule has 1 amide bonds. The lowest BCUT2D eigenvalue weighted by Crippen LogP contribution is -2.15. The summed E-state index contributed by atoms with van der Waals surface area (Å²) in [4.78, 5) is 28.5. The number of thiophene rings is 1. The van der Waals surface area contributed by atoms with Gasteiger partial charge in [-0.3, -0.25) is 14.9 Å². The van der Waals surface area contributed by atoms with Crippen molar-refractivity contribution in [1.29, 1.82) is 0 Å². The highest BCUT2D eigenvalue weighted by Crippen LogP contribution is 2.35. The molecule has 0 bridgehead atoms. The first-order chi connectivity index (χ1) is 14.0. The Kier molecular flexibility index (Phi) is 4.10. The molecule has 3 heterocycles. The number of hydrogen-bond donors (Lipinski definition) is 0. The Morgan fingerprint density at radius 2 is 1.86 bits per heavy atom. The summed E-state index contributed by atoms with van der Waals surface area (Å²) in [5.74, 6) is 0.990. The van der Waals surface area contributed by atoms with E-state index in [9.17, 15) is 14.9 Å². The number of rotatable bonds is 2. The number of thiazole rings is 1. The van der Waals surface area contributed by atoms with Crippen molar-refractivity contribution in [2.24, 2.45) is 12.0 Å². The molecular formula is C19H13N3O5S2. The van der Waals surface area contributed by atoms with Crippen molar-refractivity contribution in [3.05, 3.63) is 56.2 Å². The van der Waals surface area contributed by atoms with Gasteiger partial charge in [0.15, 0.2) is 16.3 Å². The van der Waals surface area contributed by atoms with Gasteiger partial charge in [-0.15, -0.1) is 11.3 Å². The minimum atomic E-state index is -0.451. The number of amides is 1. The maximum atomic E-state index is 12.7. The number of carbonyl (C=O) groups is 1. The van der Waals surface area contributed by atoms with Gasteiger partial charge in [-0.05, 0) is 12.1 Å². The molecule has 10 heteroatoms. The predicted molar refractivity (Wildman–Crippen MR) is 110 cm³/mol. The first-order valence-corrected chi connectivity index (χ1v) is 10.3. The Labute approximate surface area is 171 Å². The largest absolute Gasteiger partial charge is 0.486 e. The minimum Gasteiger partial charge on any atom is -0.486 e. The number of fused-ring (bicyclic) bond motifs is 3. The summed E-state index contributed by atoms with van der Waals surface area (Å²) in [6.45, 7) is 1.02. The Hall–Kier alpha value is -3.24. The van der Waals surface area contributed by atoms with Gasteiger partial charge in [0, 0.05) is 41.4 Å². The normalized spacial score (nSPS) is 13.9. The molecule has 146 valence electrons. The third-order valence-electron chi connectivity index (χ3n) is 4.59. The number of ether oxygens (including phenoxy) is 2. The van der Waals surface area contributed by atoms with Gasteiger partial charge in [-0.2, -0.15) is 4.99 Å². The van der Waals surface area contributed by atoms with Gasteiger partial charge >= 0.3 is 0 Å². The number of benzene rings is 2. The lowest BCUT2D eigenvalue weighted by molar-refractivity contribution is -0.384. The molecule has 0 saturated carbocycles. The van der Waals surface area contributed by atoms with Crippen LogP contribution in [0.4, 0.5) is 5.69 Å². The fourth-order valence-electron chi connectivity index (χ4n) is 3.16. The summed E-state index contributed by atoms with van der Waals surface area (Å²) in [5.41, 5.74) is 0.897. The number of nitro groups is 1. The van der Waals surface area contributed by atoms with Gasteiger partial charge in [-0.25, -0.2) is 0 Å². The van der Waals surface area contributed by atoms with Gasteiger partial charge in [-0.1, -0.05) is 11.3 Å². The Morgan fingerprint density at radius 3 is 2.62 bits per heavy atom. The van der Waals surface area contributed by atoms with Gasteiger partial charge < -0.3 is 14.0 Å². The van der Waals surface area contributed by atoms with Crippen LogP contribution in [0.1, 0.15) is 9.67 Å². The second-order valence-electron chi connectivity index (χ2n) is 6.41. The molecule has 0 radical (unpaired) electrons. The van der Waals surface area contributed by atoms with Crippen molar-refractivity contribution < 1.29 is 19.2 Å². The second kappa shape index (κ2) is 6.68. The Bertz CT molecular complexity index is 1380. The molecule has 1 aliphatic heterocycles. The van der Waals surface area contributed by atoms with Gasteiger partial charge in [0.25, 0.3) is 11.6 Å². The minimum absolute atomic E-state index is 0.00412. The summed E-state index contributed by atoms with van der Waals surface area (Å²) in [7, 11) is 1.84. The molecule has 5 rings (SSSR count). The van der Waals surface area contributed by atoms with Crippen molar-refractivity contribution in [3.63, 3.8) is 0 Å². The fourth-order valence-corrected chi connectivity index (χ4v) is 5.12. The zero-order valence-electron chi connectivity index (χ0n) is 15.1. The van der Waals surface area contributed by atoms with E-state index < -0.39 is 4.92 Å². The van der Waals surface area contributed by atoms with Crippen LogP contribution in [-0.4, -0.2) is 28.6 Å². The van der Waals surface area contributed by atoms with Crippen LogP contribution in [-0.2, 0) is 7.05 Å². The number of carbonyl (C=O) groups excluding carboxylic acids is 1. The molecule has 2 aromatic carbocycles. The molecule has 0 fully saturated rings. The number of aromatic nitrogens is 1. The quantitative estimate of drug-likeness (QED) is 0.357. The number of nitrogens with zero attached hydrogens (tertiary/aromatic N) is 3. The van der Waals surface area contributed by atoms with E-state index >= 15 is 0 Å². The van der Waals surface area contributed by atoms with Crippen molar-refractivity contribution >= 4 is 54.6 Å². The first kappa shape index (κ1) is 17.8. The van der Waals surface area contributed by atoms with E-state index in [1.54, 1.807) is 12.1 Å². The van der Waals surface area contributed by atoms with Gasteiger partial charge in [0.2, 0.25) is 0 Å². The topological polar surface area (TPSA) is 96.0 Å². The second-order valence-corrected chi connectivity index (χ2v) is 8.51. The van der Waals surface area contributed by atoms with Crippen LogP contribution in [0.5, 0.6) is 11.5 Å². The Balaban J connectivity index is 1.56. The van der Waals surface area contributed by atoms with Crippen molar-refractivity contribution in [2.75, 3.05) is 13.2 Å². The maximum absolute atomic E-state index is 12.7. The van der Waals surface area contributed by atoms with Crippen molar-refractivity contribution in [2.45, 2.75) is 0 Å². The smallest absolute Gasteiger partial charge is 0.289 e. The van der Waals surface area contributed by atoms with E-state index in [-0.39, 0.29) is 11.6 Å². The molecule has 2 aromatic heterocycles. The predicted octanol–water partition coefficient (Wildman–Crippen LogP) is 3.88. The first-order valence-electron chi connectivity index (χ1n) is 8.66. The van der Waals surface area contributed by atoms with E-state index in [1.807, 2.05) is 23.7 Å². The fraction of sp³-hybridized carbons (Fsp3) is 0.158. The third kappa shape index (κ3) is 3.06. The highest BCUT2D eigenvalue weighted by Gasteiger charge is 2.17. The van der Waals surface area contributed by atoms with Crippen molar-refractivity contribution in [1.82, 2.24) is 4.57 Å². The monoisotopic (exact) mass is 427 g/mol. The molecule has 0 saturated heterocycles. The molecule has 0 atom stereocenters. The number of nitro benzene ring substituents is 1. The lowest BCUT2D eigenvalue weighted by atomic mass is 10.2. The van der Waals surface area contributed by atoms with E-state index in [2.05, 4.69) is 4.99 Å². The highest BCUT2D eigenvalue weighted by atomic mass is 32.1. The highest BCUT2D eigenvalue weighted by molar-refractivity contribution is 7.21. The number of non-ortho nitro benzene ring substituents is 1. The summed E-state index contributed by atoms with van der Waals surface area (Å²) in [5, 5.41) is 11.6. The van der Waals surface area contributed by atoms with E-state index in [0.717, 1.165) is 14.9 Å². The maximum Gasteiger partial charge on any atom is 0.289 e. The van der Waals surface area contributed by atoms with Crippen LogP contribution in [0, 0.1) is 10.1 Å². The lowest BCUT2D eigenvalue weighted by Gasteiger charge is -2.18. The van der Waals surface area contributed by atoms with E-state index in [4.69, 9.17) is 9.47 Å². The molecule has 8 nitrogen and oxygen atoms in total. The summed E-state index contributed by atoms with van der Waals surface area (Å²) in [6, 6.07) is 9.99. The molecule has 4 aromatic rings. The molecular weight excluding hydrogens is 414 g/mol. The molecule has 29 heavy (non-hydrogen) atoms. The average Bonchev–Trinajstić information content (AvgIpc) is 3.27. The molecule has 0 unspecified atom stereocenters. The van der Waals surface area contributed by atoms with Crippen LogP contribution in [0.25, 0.3) is 20.3 Å². The van der Waals surface area contributed by atoms with Crippen molar-refractivity contribution in [3.8, 4) is 11.5 Å². The SMILES string of the molecule is Cn1c(=NC(=O)c2cc3cc([N+](=O)[O-])ccc3s2)sc2cc3c(cc21)OCCO3. The standard InChI is InChI=1S/C19H13N3O5S2/c1-21-12-8-13-14(27-5-4-26-13)9-16(12)29-19(21)20-18(23)17-7-10-6-11(22(24)25)2-3-15(10)28-17/h2-3,6-9H,4-5H2,1H3. The van der Waals surface area contributed by atoms with Crippen LogP contribution < -0.4 is 14.3 Å².